The van der Waals surface area contributed by atoms with E-state index in [1.54, 1.807) is 18.2 Å². The lowest BCUT2D eigenvalue weighted by Crippen LogP contribution is -2.44. The molecule has 3 aromatic rings. The molecule has 0 saturated carbocycles. The number of fused-ring (bicyclic) bond motifs is 1. The van der Waals surface area contributed by atoms with Gasteiger partial charge in [0.05, 0.1) is 12.1 Å². The molecule has 0 unspecified atom stereocenters. The Morgan fingerprint density at radius 3 is 2.55 bits per heavy atom. The molecule has 9 nitrogen and oxygen atoms in total. The highest BCUT2D eigenvalue weighted by atomic mass is 32.2. The van der Waals surface area contributed by atoms with Crippen molar-refractivity contribution in [3.8, 4) is 0 Å². The number of aromatic nitrogens is 2. The number of hydrazine groups is 1. The Balaban J connectivity index is 1.67. The number of nitrogens with one attached hydrogen (secondary N) is 3. The maximum Gasteiger partial charge on any atom is 0.290 e. The number of aryl methyl sites for hydroxylation is 2. The zero-order chi connectivity index (χ0) is 21.2. The van der Waals surface area contributed by atoms with Crippen LogP contribution in [0.1, 0.15) is 21.6 Å². The molecule has 0 spiro atoms. The second-order valence-electron chi connectivity index (χ2n) is 6.65. The van der Waals surface area contributed by atoms with E-state index in [2.05, 4.69) is 21.2 Å². The van der Waals surface area contributed by atoms with Gasteiger partial charge in [-0.2, -0.15) is 0 Å². The van der Waals surface area contributed by atoms with E-state index in [9.17, 15) is 18.0 Å². The van der Waals surface area contributed by atoms with E-state index in [-0.39, 0.29) is 17.4 Å². The lowest BCUT2D eigenvalue weighted by atomic mass is 10.1. The van der Waals surface area contributed by atoms with Crippen molar-refractivity contribution in [3.63, 3.8) is 0 Å². The number of carbonyl (C=O) groups is 2. The normalized spacial score (nSPS) is 11.3. The number of sulfone groups is 1. The molecule has 2 aromatic heterocycles. The van der Waals surface area contributed by atoms with Crippen molar-refractivity contribution in [1.82, 2.24) is 20.2 Å². The van der Waals surface area contributed by atoms with Gasteiger partial charge in [0.1, 0.15) is 0 Å². The number of hydrogen-bond acceptors (Lipinski definition) is 6. The van der Waals surface area contributed by atoms with Gasteiger partial charge in [0.25, 0.3) is 11.8 Å². The molecule has 0 aliphatic rings. The van der Waals surface area contributed by atoms with Gasteiger partial charge < -0.3 is 5.32 Å². The number of anilines is 1. The van der Waals surface area contributed by atoms with E-state index in [0.29, 0.717) is 5.52 Å². The van der Waals surface area contributed by atoms with Gasteiger partial charge in [0.15, 0.2) is 5.69 Å². The minimum Gasteiger partial charge on any atom is -0.376 e. The summed E-state index contributed by atoms with van der Waals surface area (Å²) in [4.78, 5) is 28.4. The van der Waals surface area contributed by atoms with Gasteiger partial charge in [-0.15, -0.1) is 0 Å². The molecule has 0 atom stereocenters. The van der Waals surface area contributed by atoms with Crippen LogP contribution in [0.25, 0.3) is 5.52 Å². The summed E-state index contributed by atoms with van der Waals surface area (Å²) in [6, 6.07) is 10.7. The van der Waals surface area contributed by atoms with Gasteiger partial charge in [-0.1, -0.05) is 23.8 Å². The molecule has 2 amide bonds. The second-order valence-corrected chi connectivity index (χ2v) is 8.55. The summed E-state index contributed by atoms with van der Waals surface area (Å²) in [5.74, 6) is -1.19. The van der Waals surface area contributed by atoms with E-state index in [0.717, 1.165) is 23.1 Å². The first-order valence-electron chi connectivity index (χ1n) is 8.74. The summed E-state index contributed by atoms with van der Waals surface area (Å²) < 4.78 is 25.2. The number of rotatable bonds is 5. The monoisotopic (exact) mass is 415 g/mol. The summed E-state index contributed by atoms with van der Waals surface area (Å²) >= 11 is 0. The Kier molecular flexibility index (Phi) is 5.55. The summed E-state index contributed by atoms with van der Waals surface area (Å²) in [6.45, 7) is 3.86. The third-order valence-corrected chi connectivity index (χ3v) is 5.15. The predicted molar refractivity (Wildman–Crippen MR) is 108 cm³/mol. The van der Waals surface area contributed by atoms with Crippen LogP contribution in [0.5, 0.6) is 0 Å². The average Bonchev–Trinajstić information content (AvgIpc) is 3.05. The van der Waals surface area contributed by atoms with Crippen LogP contribution in [0, 0.1) is 13.8 Å². The van der Waals surface area contributed by atoms with Crippen molar-refractivity contribution in [2.45, 2.75) is 19.0 Å². The van der Waals surface area contributed by atoms with E-state index in [1.807, 2.05) is 32.0 Å². The topological polar surface area (TPSA) is 122 Å². The lowest BCUT2D eigenvalue weighted by Gasteiger charge is -2.11. The average molecular weight is 415 g/mol. The molecule has 0 aliphatic carbocycles. The molecule has 0 fully saturated rings. The van der Waals surface area contributed by atoms with Crippen LogP contribution in [-0.4, -0.2) is 42.4 Å². The van der Waals surface area contributed by atoms with Crippen molar-refractivity contribution in [2.24, 2.45) is 0 Å². The van der Waals surface area contributed by atoms with Crippen LogP contribution in [0.3, 0.4) is 0 Å². The minimum atomic E-state index is -3.65. The highest BCUT2D eigenvalue weighted by molar-refractivity contribution is 7.90. The van der Waals surface area contributed by atoms with Crippen LogP contribution in [0.2, 0.25) is 0 Å². The fourth-order valence-electron chi connectivity index (χ4n) is 2.86. The molecule has 3 N–H and O–H groups in total. The van der Waals surface area contributed by atoms with Gasteiger partial charge in [-0.05, 0) is 37.6 Å². The van der Waals surface area contributed by atoms with Crippen LogP contribution >= 0.6 is 0 Å². The van der Waals surface area contributed by atoms with E-state index in [1.165, 1.54) is 10.6 Å². The zero-order valence-electron chi connectivity index (χ0n) is 16.2. The first kappa shape index (κ1) is 20.3. The van der Waals surface area contributed by atoms with E-state index in [4.69, 9.17) is 0 Å². The van der Waals surface area contributed by atoms with Gasteiger partial charge in [-0.3, -0.25) is 24.8 Å². The van der Waals surface area contributed by atoms with Crippen LogP contribution in [0.4, 0.5) is 5.69 Å². The number of amides is 2. The third-order valence-electron chi connectivity index (χ3n) is 4.20. The molecule has 29 heavy (non-hydrogen) atoms. The van der Waals surface area contributed by atoms with Crippen molar-refractivity contribution in [2.75, 3.05) is 18.1 Å². The quantitative estimate of drug-likeness (QED) is 0.539. The fourth-order valence-corrected chi connectivity index (χ4v) is 3.63. The molecule has 0 saturated heterocycles. The van der Waals surface area contributed by atoms with Crippen molar-refractivity contribution >= 4 is 32.9 Å². The van der Waals surface area contributed by atoms with Gasteiger partial charge in [0, 0.05) is 18.1 Å². The molecule has 1 aromatic carbocycles. The number of hydrogen-bond donors (Lipinski definition) is 3. The Labute approximate surface area is 168 Å². The highest BCUT2D eigenvalue weighted by Crippen LogP contribution is 2.17. The maximum atomic E-state index is 12.5. The molecular weight excluding hydrogens is 394 g/mol. The Morgan fingerprint density at radius 2 is 1.86 bits per heavy atom. The third kappa shape index (κ3) is 4.54. The largest absolute Gasteiger partial charge is 0.376 e. The number of benzene rings is 1. The van der Waals surface area contributed by atoms with Crippen molar-refractivity contribution in [3.05, 3.63) is 59.4 Å². The van der Waals surface area contributed by atoms with Gasteiger partial charge in [-0.25, -0.2) is 13.4 Å². The molecule has 10 heteroatoms. The maximum absolute atomic E-state index is 12.5. The standard InChI is InChI=1S/C19H21N5O4S/c1-12-7-8-14(13(2)10-12)20-11-16(25)22-23-18(26)17-15-6-4-5-9-24(15)19(21-17)29(3,27)28/h4-10,20H,11H2,1-3H3,(H,22,25)(H,23,26). The molecule has 0 aliphatic heterocycles. The first-order chi connectivity index (χ1) is 13.7. The van der Waals surface area contributed by atoms with Gasteiger partial charge in [0.2, 0.25) is 15.0 Å². The molecule has 152 valence electrons. The highest BCUT2D eigenvalue weighted by Gasteiger charge is 2.22. The molecule has 3 rings (SSSR count). The summed E-state index contributed by atoms with van der Waals surface area (Å²) in [5, 5.41) is 2.75. The molecule has 2 heterocycles. The Morgan fingerprint density at radius 1 is 1.10 bits per heavy atom. The fraction of sp³-hybridized carbons (Fsp3) is 0.211. The van der Waals surface area contributed by atoms with Crippen molar-refractivity contribution < 1.29 is 18.0 Å². The van der Waals surface area contributed by atoms with Crippen LogP contribution in [0.15, 0.2) is 47.8 Å². The lowest BCUT2D eigenvalue weighted by molar-refractivity contribution is -0.120. The number of nitrogens with zero attached hydrogens (tertiary/aromatic N) is 2. The van der Waals surface area contributed by atoms with E-state index >= 15 is 0 Å². The Bertz CT molecular complexity index is 1200. The molecular formula is C19H21N5O4S. The SMILES string of the molecule is Cc1ccc(NCC(=O)NNC(=O)c2nc(S(C)(=O)=O)n3ccccc23)c(C)c1. The number of carbonyl (C=O) groups excluding carboxylic acids is 2. The number of pyridine rings is 1. The number of imidazole rings is 1. The smallest absolute Gasteiger partial charge is 0.290 e. The molecule has 0 radical (unpaired) electrons. The van der Waals surface area contributed by atoms with Crippen LogP contribution < -0.4 is 16.2 Å². The first-order valence-corrected chi connectivity index (χ1v) is 10.6. The summed E-state index contributed by atoms with van der Waals surface area (Å²) in [5.41, 5.74) is 7.70. The molecule has 0 bridgehead atoms. The van der Waals surface area contributed by atoms with Crippen LogP contribution in [-0.2, 0) is 14.6 Å². The minimum absolute atomic E-state index is 0.0529. The van der Waals surface area contributed by atoms with Crippen molar-refractivity contribution in [1.29, 1.82) is 0 Å². The van der Waals surface area contributed by atoms with E-state index < -0.39 is 21.7 Å². The van der Waals surface area contributed by atoms with Gasteiger partial charge >= 0.3 is 0 Å². The second kappa shape index (κ2) is 7.92. The summed E-state index contributed by atoms with van der Waals surface area (Å²) in [7, 11) is -3.65. The Hall–Kier alpha value is -3.40. The summed E-state index contributed by atoms with van der Waals surface area (Å²) in [6.07, 6.45) is 2.51. The predicted octanol–water partition coefficient (Wildman–Crippen LogP) is 1.23. The zero-order valence-corrected chi connectivity index (χ0v) is 17.0.